The minimum atomic E-state index is 0.686. The van der Waals surface area contributed by atoms with Crippen LogP contribution < -0.4 is 5.32 Å². The lowest BCUT2D eigenvalue weighted by Crippen LogP contribution is -2.27. The van der Waals surface area contributed by atoms with Crippen molar-refractivity contribution >= 4 is 17.0 Å². The van der Waals surface area contributed by atoms with Gasteiger partial charge in [0.25, 0.3) is 0 Å². The number of nitrogens with zero attached hydrogens (tertiary/aromatic N) is 1. The van der Waals surface area contributed by atoms with Crippen LogP contribution in [0.5, 0.6) is 0 Å². The number of thiophene rings is 1. The van der Waals surface area contributed by atoms with Gasteiger partial charge in [-0.15, -0.1) is 11.3 Å². The Balaban J connectivity index is 1.39. The quantitative estimate of drug-likeness (QED) is 0.855. The second-order valence-electron chi connectivity index (χ2n) is 6.23. The van der Waals surface area contributed by atoms with Gasteiger partial charge in [-0.3, -0.25) is 4.90 Å². The molecule has 3 heteroatoms. The van der Waals surface area contributed by atoms with Gasteiger partial charge in [0.05, 0.1) is 0 Å². The zero-order valence-electron chi connectivity index (χ0n) is 12.3. The minimum absolute atomic E-state index is 0.686. The largest absolute Gasteiger partial charge is 0.384 e. The van der Waals surface area contributed by atoms with E-state index in [-0.39, 0.29) is 0 Å². The maximum atomic E-state index is 3.55. The lowest BCUT2D eigenvalue weighted by Gasteiger charge is -2.23. The van der Waals surface area contributed by atoms with E-state index in [1.807, 2.05) is 11.3 Å². The third-order valence-corrected chi connectivity index (χ3v) is 5.57. The Morgan fingerprint density at radius 1 is 1.14 bits per heavy atom. The van der Waals surface area contributed by atoms with Crippen LogP contribution in [-0.2, 0) is 6.54 Å². The average molecular weight is 298 g/mol. The van der Waals surface area contributed by atoms with E-state index in [2.05, 4.69) is 52.0 Å². The highest BCUT2D eigenvalue weighted by atomic mass is 32.1. The van der Waals surface area contributed by atoms with Gasteiger partial charge >= 0.3 is 0 Å². The smallest absolute Gasteiger partial charge is 0.0376 e. The predicted molar refractivity (Wildman–Crippen MR) is 90.0 cm³/mol. The van der Waals surface area contributed by atoms with E-state index < -0.39 is 0 Å². The monoisotopic (exact) mass is 298 g/mol. The van der Waals surface area contributed by atoms with Crippen LogP contribution >= 0.6 is 11.3 Å². The average Bonchev–Trinajstić information content (AvgIpc) is 3.08. The molecule has 1 aliphatic carbocycles. The van der Waals surface area contributed by atoms with Crippen molar-refractivity contribution in [1.29, 1.82) is 0 Å². The van der Waals surface area contributed by atoms with Crippen LogP contribution in [0.3, 0.4) is 0 Å². The molecular weight excluding hydrogens is 276 g/mol. The molecule has 2 heterocycles. The maximum absolute atomic E-state index is 3.55. The second kappa shape index (κ2) is 5.82. The number of hydrogen-bond acceptors (Lipinski definition) is 3. The van der Waals surface area contributed by atoms with E-state index in [1.165, 1.54) is 41.9 Å². The molecule has 1 fully saturated rings. The molecule has 0 amide bonds. The van der Waals surface area contributed by atoms with E-state index in [0.717, 1.165) is 19.1 Å². The second-order valence-corrected chi connectivity index (χ2v) is 7.27. The van der Waals surface area contributed by atoms with Crippen LogP contribution in [0.2, 0.25) is 0 Å². The molecule has 2 aliphatic rings. The number of anilines is 1. The Bertz CT molecular complexity index is 589. The molecule has 1 N–H and O–H groups in total. The summed E-state index contributed by atoms with van der Waals surface area (Å²) in [6.07, 6.45) is 4.06. The Kier molecular flexibility index (Phi) is 3.70. The van der Waals surface area contributed by atoms with Crippen molar-refractivity contribution in [2.45, 2.75) is 37.8 Å². The van der Waals surface area contributed by atoms with Gasteiger partial charge in [0, 0.05) is 35.6 Å². The van der Waals surface area contributed by atoms with Crippen LogP contribution in [0.25, 0.3) is 0 Å². The van der Waals surface area contributed by atoms with E-state index in [4.69, 9.17) is 0 Å². The number of para-hydroxylation sites is 1. The standard InChI is InChI=1S/C18H22N2S/c1-2-6-18-17(5-1)14(12-19-18)9-10-20(15-7-8-15)13-16-4-3-11-21-16/h1-6,11,14-15,19H,7-10,12-13H2. The number of nitrogens with one attached hydrogen (secondary N) is 1. The first-order valence-electron chi connectivity index (χ1n) is 7.99. The number of benzene rings is 1. The van der Waals surface area contributed by atoms with Crippen LogP contribution in [-0.4, -0.2) is 24.0 Å². The zero-order valence-corrected chi connectivity index (χ0v) is 13.1. The maximum Gasteiger partial charge on any atom is 0.0376 e. The Morgan fingerprint density at radius 2 is 2.05 bits per heavy atom. The fourth-order valence-corrected chi connectivity index (χ4v) is 4.10. The van der Waals surface area contributed by atoms with Gasteiger partial charge in [-0.1, -0.05) is 24.3 Å². The van der Waals surface area contributed by atoms with Crippen molar-refractivity contribution in [2.75, 3.05) is 18.4 Å². The summed E-state index contributed by atoms with van der Waals surface area (Å²) in [6.45, 7) is 3.48. The normalized spacial score (nSPS) is 20.5. The molecular formula is C18H22N2S. The van der Waals surface area contributed by atoms with Crippen molar-refractivity contribution in [3.05, 3.63) is 52.2 Å². The molecule has 21 heavy (non-hydrogen) atoms. The molecule has 1 aromatic carbocycles. The number of hydrogen-bond donors (Lipinski definition) is 1. The predicted octanol–water partition coefficient (Wildman–Crippen LogP) is 4.31. The third kappa shape index (κ3) is 2.99. The molecule has 1 saturated carbocycles. The van der Waals surface area contributed by atoms with Gasteiger partial charge in [-0.25, -0.2) is 0 Å². The van der Waals surface area contributed by atoms with Gasteiger partial charge in [0.1, 0.15) is 0 Å². The van der Waals surface area contributed by atoms with Crippen molar-refractivity contribution in [2.24, 2.45) is 0 Å². The summed E-state index contributed by atoms with van der Waals surface area (Å²) >= 11 is 1.89. The molecule has 2 aromatic rings. The number of rotatable bonds is 6. The SMILES string of the molecule is c1csc(CN(CCC2CNc3ccccc32)C2CC2)c1. The Hall–Kier alpha value is -1.32. The van der Waals surface area contributed by atoms with Crippen LogP contribution in [0, 0.1) is 0 Å². The molecule has 0 bridgehead atoms. The van der Waals surface area contributed by atoms with Crippen LogP contribution in [0.1, 0.15) is 35.6 Å². The third-order valence-electron chi connectivity index (χ3n) is 4.71. The molecule has 0 spiro atoms. The first kappa shape index (κ1) is 13.4. The highest BCUT2D eigenvalue weighted by molar-refractivity contribution is 7.09. The molecule has 0 radical (unpaired) electrons. The summed E-state index contributed by atoms with van der Waals surface area (Å²) in [5.41, 5.74) is 2.86. The summed E-state index contributed by atoms with van der Waals surface area (Å²) in [6, 6.07) is 14.1. The lowest BCUT2D eigenvalue weighted by atomic mass is 9.97. The topological polar surface area (TPSA) is 15.3 Å². The van der Waals surface area contributed by atoms with E-state index >= 15 is 0 Å². The van der Waals surface area contributed by atoms with Gasteiger partial charge < -0.3 is 5.32 Å². The minimum Gasteiger partial charge on any atom is -0.384 e. The van der Waals surface area contributed by atoms with Crippen LogP contribution in [0.15, 0.2) is 41.8 Å². The summed E-state index contributed by atoms with van der Waals surface area (Å²) in [4.78, 5) is 4.21. The summed E-state index contributed by atoms with van der Waals surface area (Å²) in [5.74, 6) is 0.686. The molecule has 4 rings (SSSR count). The fraction of sp³-hybridized carbons (Fsp3) is 0.444. The van der Waals surface area contributed by atoms with Gasteiger partial charge in [0.2, 0.25) is 0 Å². The van der Waals surface area contributed by atoms with Crippen LogP contribution in [0.4, 0.5) is 5.69 Å². The van der Waals surface area contributed by atoms with Gasteiger partial charge in [-0.2, -0.15) is 0 Å². The molecule has 110 valence electrons. The number of fused-ring (bicyclic) bond motifs is 1. The highest BCUT2D eigenvalue weighted by Gasteiger charge is 2.30. The lowest BCUT2D eigenvalue weighted by molar-refractivity contribution is 0.248. The Labute approximate surface area is 130 Å². The van der Waals surface area contributed by atoms with Gasteiger partial charge in [-0.05, 0) is 48.9 Å². The van der Waals surface area contributed by atoms with Crippen molar-refractivity contribution < 1.29 is 0 Å². The van der Waals surface area contributed by atoms with Crippen molar-refractivity contribution in [3.8, 4) is 0 Å². The Morgan fingerprint density at radius 3 is 2.86 bits per heavy atom. The van der Waals surface area contributed by atoms with E-state index in [0.29, 0.717) is 5.92 Å². The summed E-state index contributed by atoms with van der Waals surface area (Å²) < 4.78 is 0. The zero-order chi connectivity index (χ0) is 14.1. The summed E-state index contributed by atoms with van der Waals surface area (Å²) in [7, 11) is 0. The molecule has 1 aliphatic heterocycles. The molecule has 1 aromatic heterocycles. The molecule has 2 nitrogen and oxygen atoms in total. The first-order valence-corrected chi connectivity index (χ1v) is 8.87. The van der Waals surface area contributed by atoms with Gasteiger partial charge in [0.15, 0.2) is 0 Å². The molecule has 0 saturated heterocycles. The first-order chi connectivity index (χ1) is 10.4. The highest BCUT2D eigenvalue weighted by Crippen LogP contribution is 2.35. The van der Waals surface area contributed by atoms with Crippen molar-refractivity contribution in [3.63, 3.8) is 0 Å². The summed E-state index contributed by atoms with van der Waals surface area (Å²) in [5, 5.41) is 5.74. The fourth-order valence-electron chi connectivity index (χ4n) is 3.37. The molecule has 1 unspecified atom stereocenters. The van der Waals surface area contributed by atoms with E-state index in [9.17, 15) is 0 Å². The van der Waals surface area contributed by atoms with E-state index in [1.54, 1.807) is 0 Å². The molecule has 1 atom stereocenters. The van der Waals surface area contributed by atoms with Crippen molar-refractivity contribution in [1.82, 2.24) is 4.90 Å².